The molecule has 0 fully saturated rings. The van der Waals surface area contributed by atoms with E-state index in [0.717, 1.165) is 0 Å². The van der Waals surface area contributed by atoms with Crippen molar-refractivity contribution in [3.8, 4) is 0 Å². The summed E-state index contributed by atoms with van der Waals surface area (Å²) in [5.74, 6) is -0.153. The number of halogens is 1. The maximum absolute atomic E-state index is 11.4. The molecular formula is C9H9BrN2O. The second-order valence-electron chi connectivity index (χ2n) is 2.34. The first-order chi connectivity index (χ1) is 6.25. The highest BCUT2D eigenvalue weighted by molar-refractivity contribution is 9.10. The molecule has 0 aliphatic carbocycles. The maximum atomic E-state index is 11.4. The number of pyridine rings is 1. The van der Waals surface area contributed by atoms with Crippen molar-refractivity contribution in [2.24, 2.45) is 0 Å². The van der Waals surface area contributed by atoms with Crippen LogP contribution in [-0.4, -0.2) is 17.4 Å². The van der Waals surface area contributed by atoms with Gasteiger partial charge in [0.15, 0.2) is 0 Å². The Hall–Kier alpha value is -1.16. The summed E-state index contributed by atoms with van der Waals surface area (Å²) >= 11 is 3.19. The SMILES string of the molecule is C=CCNC(=O)c1cccnc1Br. The van der Waals surface area contributed by atoms with E-state index in [4.69, 9.17) is 0 Å². The van der Waals surface area contributed by atoms with Crippen LogP contribution in [0.3, 0.4) is 0 Å². The van der Waals surface area contributed by atoms with Crippen molar-refractivity contribution in [2.45, 2.75) is 0 Å². The first-order valence-electron chi connectivity index (χ1n) is 3.75. The average Bonchev–Trinajstić information content (AvgIpc) is 2.15. The summed E-state index contributed by atoms with van der Waals surface area (Å²) in [6, 6.07) is 3.42. The van der Waals surface area contributed by atoms with Crippen molar-refractivity contribution in [3.05, 3.63) is 41.2 Å². The molecule has 1 amide bonds. The molecule has 1 heterocycles. The van der Waals surface area contributed by atoms with Gasteiger partial charge in [-0.25, -0.2) is 4.98 Å². The third-order valence-electron chi connectivity index (χ3n) is 1.41. The molecule has 0 radical (unpaired) electrons. The lowest BCUT2D eigenvalue weighted by molar-refractivity contribution is 0.0957. The van der Waals surface area contributed by atoms with E-state index in [1.807, 2.05) is 0 Å². The van der Waals surface area contributed by atoms with Crippen LogP contribution in [0.1, 0.15) is 10.4 Å². The fourth-order valence-electron chi connectivity index (χ4n) is 0.816. The number of carbonyl (C=O) groups is 1. The normalized spacial score (nSPS) is 9.31. The molecule has 0 atom stereocenters. The highest BCUT2D eigenvalue weighted by atomic mass is 79.9. The van der Waals surface area contributed by atoms with Crippen LogP contribution in [-0.2, 0) is 0 Å². The molecule has 0 aliphatic heterocycles. The van der Waals surface area contributed by atoms with E-state index in [1.165, 1.54) is 0 Å². The topological polar surface area (TPSA) is 42.0 Å². The lowest BCUT2D eigenvalue weighted by Crippen LogP contribution is -2.23. The fraction of sp³-hybridized carbons (Fsp3) is 0.111. The highest BCUT2D eigenvalue weighted by Gasteiger charge is 2.07. The van der Waals surface area contributed by atoms with E-state index < -0.39 is 0 Å². The molecular weight excluding hydrogens is 232 g/mol. The number of carbonyl (C=O) groups excluding carboxylic acids is 1. The third kappa shape index (κ3) is 2.66. The number of nitrogens with one attached hydrogen (secondary N) is 1. The van der Waals surface area contributed by atoms with Crippen molar-refractivity contribution >= 4 is 21.8 Å². The van der Waals surface area contributed by atoms with E-state index >= 15 is 0 Å². The first kappa shape index (κ1) is 9.92. The van der Waals surface area contributed by atoms with Gasteiger partial charge in [-0.15, -0.1) is 6.58 Å². The van der Waals surface area contributed by atoms with Crippen LogP contribution in [0.15, 0.2) is 35.6 Å². The van der Waals surface area contributed by atoms with Crippen molar-refractivity contribution in [1.82, 2.24) is 10.3 Å². The predicted octanol–water partition coefficient (Wildman–Crippen LogP) is 1.76. The summed E-state index contributed by atoms with van der Waals surface area (Å²) in [5.41, 5.74) is 0.532. The number of rotatable bonds is 3. The molecule has 1 aromatic rings. The first-order valence-corrected chi connectivity index (χ1v) is 4.54. The van der Waals surface area contributed by atoms with Crippen LogP contribution in [0, 0.1) is 0 Å². The quantitative estimate of drug-likeness (QED) is 0.647. The predicted molar refractivity (Wildman–Crippen MR) is 54.5 cm³/mol. The van der Waals surface area contributed by atoms with Crippen LogP contribution in [0.25, 0.3) is 0 Å². The van der Waals surface area contributed by atoms with E-state index in [0.29, 0.717) is 16.7 Å². The largest absolute Gasteiger partial charge is 0.348 e. The fourth-order valence-corrected chi connectivity index (χ4v) is 1.25. The highest BCUT2D eigenvalue weighted by Crippen LogP contribution is 2.11. The Balaban J connectivity index is 2.76. The van der Waals surface area contributed by atoms with Gasteiger partial charge < -0.3 is 5.32 Å². The summed E-state index contributed by atoms with van der Waals surface area (Å²) < 4.78 is 0.552. The van der Waals surface area contributed by atoms with E-state index in [1.54, 1.807) is 24.4 Å². The molecule has 0 bridgehead atoms. The van der Waals surface area contributed by atoms with Gasteiger partial charge in [-0.1, -0.05) is 6.08 Å². The van der Waals surface area contributed by atoms with Gasteiger partial charge in [0.1, 0.15) is 4.60 Å². The van der Waals surface area contributed by atoms with Gasteiger partial charge in [0, 0.05) is 12.7 Å². The molecule has 68 valence electrons. The number of hydrogen-bond acceptors (Lipinski definition) is 2. The van der Waals surface area contributed by atoms with Gasteiger partial charge >= 0.3 is 0 Å². The zero-order valence-electron chi connectivity index (χ0n) is 6.96. The molecule has 1 aromatic heterocycles. The lowest BCUT2D eigenvalue weighted by Gasteiger charge is -2.02. The summed E-state index contributed by atoms with van der Waals surface area (Å²) in [7, 11) is 0. The monoisotopic (exact) mass is 240 g/mol. The van der Waals surface area contributed by atoms with Gasteiger partial charge in [0.05, 0.1) is 5.56 Å². The minimum Gasteiger partial charge on any atom is -0.348 e. The minimum absolute atomic E-state index is 0.153. The molecule has 4 heteroatoms. The Bertz CT molecular complexity index is 325. The zero-order chi connectivity index (χ0) is 9.68. The van der Waals surface area contributed by atoms with Gasteiger partial charge in [-0.05, 0) is 28.1 Å². The molecule has 0 aliphatic rings. The Morgan fingerprint density at radius 3 is 3.15 bits per heavy atom. The number of nitrogens with zero attached hydrogens (tertiary/aromatic N) is 1. The lowest BCUT2D eigenvalue weighted by atomic mass is 10.3. The summed E-state index contributed by atoms with van der Waals surface area (Å²) in [4.78, 5) is 15.3. The molecule has 13 heavy (non-hydrogen) atoms. The van der Waals surface area contributed by atoms with E-state index in [-0.39, 0.29) is 5.91 Å². The van der Waals surface area contributed by atoms with Crippen LogP contribution < -0.4 is 5.32 Å². The molecule has 0 saturated carbocycles. The summed E-state index contributed by atoms with van der Waals surface area (Å²) in [5, 5.41) is 2.66. The minimum atomic E-state index is -0.153. The molecule has 0 aromatic carbocycles. The van der Waals surface area contributed by atoms with Crippen LogP contribution in [0.2, 0.25) is 0 Å². The van der Waals surface area contributed by atoms with Gasteiger partial charge in [0.25, 0.3) is 5.91 Å². The molecule has 0 unspecified atom stereocenters. The van der Waals surface area contributed by atoms with Crippen LogP contribution in [0.4, 0.5) is 0 Å². The second-order valence-corrected chi connectivity index (χ2v) is 3.09. The van der Waals surface area contributed by atoms with E-state index in [9.17, 15) is 4.79 Å². The molecule has 0 saturated heterocycles. The van der Waals surface area contributed by atoms with Crippen molar-refractivity contribution in [2.75, 3.05) is 6.54 Å². The molecule has 1 N–H and O–H groups in total. The summed E-state index contributed by atoms with van der Waals surface area (Å²) in [6.07, 6.45) is 3.25. The number of hydrogen-bond donors (Lipinski definition) is 1. The van der Waals surface area contributed by atoms with Gasteiger partial charge in [-0.2, -0.15) is 0 Å². The Morgan fingerprint density at radius 2 is 2.54 bits per heavy atom. The molecule has 1 rings (SSSR count). The maximum Gasteiger partial charge on any atom is 0.254 e. The van der Waals surface area contributed by atoms with E-state index in [2.05, 4.69) is 32.8 Å². The summed E-state index contributed by atoms with van der Waals surface area (Å²) in [6.45, 7) is 3.97. The Morgan fingerprint density at radius 1 is 1.77 bits per heavy atom. The molecule has 0 spiro atoms. The Labute approximate surface area is 85.0 Å². The van der Waals surface area contributed by atoms with Crippen molar-refractivity contribution < 1.29 is 4.79 Å². The standard InChI is InChI=1S/C9H9BrN2O/c1-2-5-12-9(13)7-4-3-6-11-8(7)10/h2-4,6H,1,5H2,(H,12,13). The second kappa shape index (κ2) is 4.77. The smallest absolute Gasteiger partial charge is 0.254 e. The van der Waals surface area contributed by atoms with Crippen molar-refractivity contribution in [3.63, 3.8) is 0 Å². The average molecular weight is 241 g/mol. The zero-order valence-corrected chi connectivity index (χ0v) is 8.54. The van der Waals surface area contributed by atoms with Gasteiger partial charge in [-0.3, -0.25) is 4.79 Å². The third-order valence-corrected chi connectivity index (χ3v) is 2.04. The van der Waals surface area contributed by atoms with Crippen LogP contribution >= 0.6 is 15.9 Å². The number of amides is 1. The van der Waals surface area contributed by atoms with Crippen molar-refractivity contribution in [1.29, 1.82) is 0 Å². The molecule has 3 nitrogen and oxygen atoms in total. The number of aromatic nitrogens is 1. The Kier molecular flexibility index (Phi) is 3.64. The van der Waals surface area contributed by atoms with Gasteiger partial charge in [0.2, 0.25) is 0 Å². The van der Waals surface area contributed by atoms with Crippen LogP contribution in [0.5, 0.6) is 0 Å².